The van der Waals surface area contributed by atoms with Crippen LogP contribution >= 0.6 is 0 Å². The van der Waals surface area contributed by atoms with Crippen LogP contribution in [-0.2, 0) is 10.0 Å². The molecular weight excluding hydrogens is 304 g/mol. The number of hydrogen-bond acceptors (Lipinski definition) is 4. The van der Waals surface area contributed by atoms with Crippen LogP contribution in [0.5, 0.6) is 5.75 Å². The number of carbonyl (C=O) groups excluding carboxylic acids is 1. The van der Waals surface area contributed by atoms with Crippen molar-refractivity contribution in [3.63, 3.8) is 0 Å². The standard InChI is InChI=1S/C15H22N2O4S/c1-16-22(19,20)14-10-11(8-9-13(14)21-2)15(18)17-12-6-4-3-5-7-12/h8-10,12,16H,3-7H2,1-2H3,(H,17,18). The van der Waals surface area contributed by atoms with Gasteiger partial charge in [0.15, 0.2) is 0 Å². The average Bonchev–Trinajstić information content (AvgIpc) is 2.55. The van der Waals surface area contributed by atoms with Crippen molar-refractivity contribution >= 4 is 15.9 Å². The number of carbonyl (C=O) groups is 1. The van der Waals surface area contributed by atoms with Gasteiger partial charge in [0.1, 0.15) is 10.6 Å². The van der Waals surface area contributed by atoms with Gasteiger partial charge in [0, 0.05) is 11.6 Å². The van der Waals surface area contributed by atoms with Crippen LogP contribution in [-0.4, -0.2) is 34.5 Å². The largest absolute Gasteiger partial charge is 0.495 e. The maximum atomic E-state index is 12.3. The third-order valence-electron chi connectivity index (χ3n) is 3.92. The molecule has 2 N–H and O–H groups in total. The quantitative estimate of drug-likeness (QED) is 0.862. The van der Waals surface area contributed by atoms with Crippen molar-refractivity contribution in [1.29, 1.82) is 0 Å². The Morgan fingerprint density at radius 2 is 1.91 bits per heavy atom. The van der Waals surface area contributed by atoms with E-state index in [0.29, 0.717) is 5.56 Å². The second-order valence-corrected chi connectivity index (χ2v) is 7.24. The number of benzene rings is 1. The third-order valence-corrected chi connectivity index (χ3v) is 5.36. The molecule has 7 heteroatoms. The molecule has 1 saturated carbocycles. The summed E-state index contributed by atoms with van der Waals surface area (Å²) in [6, 6.07) is 4.60. The van der Waals surface area contributed by atoms with Crippen LogP contribution in [0.15, 0.2) is 23.1 Å². The maximum Gasteiger partial charge on any atom is 0.251 e. The van der Waals surface area contributed by atoms with Crippen molar-refractivity contribution < 1.29 is 17.9 Å². The lowest BCUT2D eigenvalue weighted by Gasteiger charge is -2.23. The van der Waals surface area contributed by atoms with Gasteiger partial charge in [0.2, 0.25) is 10.0 Å². The molecule has 0 unspecified atom stereocenters. The van der Waals surface area contributed by atoms with E-state index in [0.717, 1.165) is 25.7 Å². The van der Waals surface area contributed by atoms with Gasteiger partial charge in [0.25, 0.3) is 5.91 Å². The number of ether oxygens (including phenoxy) is 1. The Morgan fingerprint density at radius 3 is 2.50 bits per heavy atom. The number of nitrogens with one attached hydrogen (secondary N) is 2. The Kier molecular flexibility index (Phi) is 5.42. The molecule has 0 atom stereocenters. The Bertz CT molecular complexity index is 637. The number of hydrogen-bond donors (Lipinski definition) is 2. The van der Waals surface area contributed by atoms with E-state index in [1.165, 1.54) is 32.7 Å². The van der Waals surface area contributed by atoms with Crippen molar-refractivity contribution in [2.45, 2.75) is 43.0 Å². The van der Waals surface area contributed by atoms with Gasteiger partial charge in [-0.05, 0) is 38.1 Å². The molecule has 0 radical (unpaired) electrons. The minimum atomic E-state index is -3.69. The van der Waals surface area contributed by atoms with Gasteiger partial charge in [-0.25, -0.2) is 13.1 Å². The molecule has 0 aromatic heterocycles. The van der Waals surface area contributed by atoms with Gasteiger partial charge in [-0.1, -0.05) is 19.3 Å². The van der Waals surface area contributed by atoms with Gasteiger partial charge in [0.05, 0.1) is 7.11 Å². The Balaban J connectivity index is 2.24. The fourth-order valence-corrected chi connectivity index (χ4v) is 3.57. The molecule has 0 heterocycles. The van der Waals surface area contributed by atoms with Crippen molar-refractivity contribution in [2.24, 2.45) is 0 Å². The molecule has 1 aliphatic rings. The van der Waals surface area contributed by atoms with Crippen molar-refractivity contribution in [3.8, 4) is 5.75 Å². The molecule has 0 aliphatic heterocycles. The monoisotopic (exact) mass is 326 g/mol. The smallest absolute Gasteiger partial charge is 0.251 e. The predicted octanol–water partition coefficient (Wildman–Crippen LogP) is 1.67. The highest BCUT2D eigenvalue weighted by Crippen LogP contribution is 2.25. The number of rotatable bonds is 5. The van der Waals surface area contributed by atoms with Crippen LogP contribution in [0.25, 0.3) is 0 Å². The van der Waals surface area contributed by atoms with Gasteiger partial charge < -0.3 is 10.1 Å². The lowest BCUT2D eigenvalue weighted by molar-refractivity contribution is 0.0927. The zero-order valence-electron chi connectivity index (χ0n) is 12.9. The molecule has 1 fully saturated rings. The summed E-state index contributed by atoms with van der Waals surface area (Å²) in [4.78, 5) is 12.3. The first-order valence-corrected chi connectivity index (χ1v) is 8.88. The highest BCUT2D eigenvalue weighted by molar-refractivity contribution is 7.89. The zero-order chi connectivity index (χ0) is 16.2. The fourth-order valence-electron chi connectivity index (χ4n) is 2.65. The lowest BCUT2D eigenvalue weighted by atomic mass is 9.95. The molecule has 0 bridgehead atoms. The summed E-state index contributed by atoms with van der Waals surface area (Å²) in [5.41, 5.74) is 0.320. The topological polar surface area (TPSA) is 84.5 Å². The molecule has 6 nitrogen and oxygen atoms in total. The molecule has 1 aromatic rings. The molecule has 122 valence electrons. The summed E-state index contributed by atoms with van der Waals surface area (Å²) in [7, 11) is -0.967. The van der Waals surface area contributed by atoms with Crippen LogP contribution in [0.2, 0.25) is 0 Å². The highest BCUT2D eigenvalue weighted by atomic mass is 32.2. The first kappa shape index (κ1) is 16.8. The first-order chi connectivity index (χ1) is 10.5. The number of methoxy groups -OCH3 is 1. The molecule has 22 heavy (non-hydrogen) atoms. The molecule has 0 spiro atoms. The Hall–Kier alpha value is -1.60. The van der Waals surface area contributed by atoms with E-state index >= 15 is 0 Å². The molecular formula is C15H22N2O4S. The van der Waals surface area contributed by atoms with E-state index in [1.807, 2.05) is 0 Å². The molecule has 1 amide bonds. The summed E-state index contributed by atoms with van der Waals surface area (Å²) in [6.07, 6.45) is 5.40. The van der Waals surface area contributed by atoms with Gasteiger partial charge in [-0.3, -0.25) is 4.79 Å². The normalized spacial score (nSPS) is 16.3. The summed E-state index contributed by atoms with van der Waals surface area (Å²) in [5, 5.41) is 2.97. The van der Waals surface area contributed by atoms with E-state index in [-0.39, 0.29) is 22.6 Å². The third kappa shape index (κ3) is 3.78. The van der Waals surface area contributed by atoms with Crippen LogP contribution in [0.3, 0.4) is 0 Å². The number of sulfonamides is 1. The zero-order valence-corrected chi connectivity index (χ0v) is 13.7. The van der Waals surface area contributed by atoms with Crippen LogP contribution in [0.1, 0.15) is 42.5 Å². The van der Waals surface area contributed by atoms with E-state index in [9.17, 15) is 13.2 Å². The summed E-state index contributed by atoms with van der Waals surface area (Å²) in [6.45, 7) is 0. The van der Waals surface area contributed by atoms with Crippen molar-refractivity contribution in [1.82, 2.24) is 10.0 Å². The van der Waals surface area contributed by atoms with E-state index in [4.69, 9.17) is 4.74 Å². The lowest BCUT2D eigenvalue weighted by Crippen LogP contribution is -2.36. The van der Waals surface area contributed by atoms with Gasteiger partial charge >= 0.3 is 0 Å². The first-order valence-electron chi connectivity index (χ1n) is 7.40. The molecule has 1 aromatic carbocycles. The van der Waals surface area contributed by atoms with E-state index in [2.05, 4.69) is 10.0 Å². The Labute approximate surface area is 131 Å². The molecule has 1 aliphatic carbocycles. The SMILES string of the molecule is CNS(=O)(=O)c1cc(C(=O)NC2CCCCC2)ccc1OC. The van der Waals surface area contributed by atoms with Crippen LogP contribution < -0.4 is 14.8 Å². The van der Waals surface area contributed by atoms with Gasteiger partial charge in [-0.2, -0.15) is 0 Å². The van der Waals surface area contributed by atoms with Crippen molar-refractivity contribution in [2.75, 3.05) is 14.2 Å². The minimum absolute atomic E-state index is 0.0335. The highest BCUT2D eigenvalue weighted by Gasteiger charge is 2.22. The Morgan fingerprint density at radius 1 is 1.23 bits per heavy atom. The number of amides is 1. The second kappa shape index (κ2) is 7.11. The van der Waals surface area contributed by atoms with Crippen LogP contribution in [0, 0.1) is 0 Å². The van der Waals surface area contributed by atoms with Gasteiger partial charge in [-0.15, -0.1) is 0 Å². The minimum Gasteiger partial charge on any atom is -0.495 e. The molecule has 0 saturated heterocycles. The van der Waals surface area contributed by atoms with E-state index in [1.54, 1.807) is 6.07 Å². The average molecular weight is 326 g/mol. The predicted molar refractivity (Wildman–Crippen MR) is 83.6 cm³/mol. The molecule has 2 rings (SSSR count). The maximum absolute atomic E-state index is 12.3. The summed E-state index contributed by atoms with van der Waals surface area (Å²) < 4.78 is 31.4. The second-order valence-electron chi connectivity index (χ2n) is 5.38. The summed E-state index contributed by atoms with van der Waals surface area (Å²) >= 11 is 0. The van der Waals surface area contributed by atoms with E-state index < -0.39 is 10.0 Å². The van der Waals surface area contributed by atoms with Crippen molar-refractivity contribution in [3.05, 3.63) is 23.8 Å². The fraction of sp³-hybridized carbons (Fsp3) is 0.533. The summed E-state index contributed by atoms with van der Waals surface area (Å²) in [5.74, 6) is -0.0364. The van der Waals surface area contributed by atoms with Crippen LogP contribution in [0.4, 0.5) is 0 Å².